The van der Waals surface area contributed by atoms with Crippen LogP contribution in [0.25, 0.3) is 0 Å². The van der Waals surface area contributed by atoms with Crippen LogP contribution < -0.4 is 5.32 Å². The number of aliphatic hydroxyl groups excluding tert-OH is 1. The molecule has 85 heavy (non-hydrogen) atoms. The first-order valence-corrected chi connectivity index (χ1v) is 37.3. The number of amides is 1. The van der Waals surface area contributed by atoms with Crippen LogP contribution in [0.5, 0.6) is 0 Å². The van der Waals surface area contributed by atoms with Gasteiger partial charge in [-0.2, -0.15) is 0 Å². The number of hydrogen-bond donors (Lipinski definition) is 3. The number of nitrogens with zero attached hydrogens (tertiary/aromatic N) is 1. The summed E-state index contributed by atoms with van der Waals surface area (Å²) in [5.74, 6) is -0.177. The zero-order valence-electron chi connectivity index (χ0n) is 56.3. The van der Waals surface area contributed by atoms with Crippen molar-refractivity contribution >= 4 is 13.7 Å². The first-order valence-electron chi connectivity index (χ1n) is 35.8. The number of rotatable bonds is 65. The van der Waals surface area contributed by atoms with Gasteiger partial charge in [-0.3, -0.25) is 13.8 Å². The summed E-state index contributed by atoms with van der Waals surface area (Å²) < 4.78 is 23.8. The van der Waals surface area contributed by atoms with Crippen LogP contribution in [-0.2, 0) is 18.4 Å². The monoisotopic (exact) mass is 1210 g/mol. The molecule has 0 aromatic rings. The largest absolute Gasteiger partial charge is 0.472 e. The van der Waals surface area contributed by atoms with E-state index < -0.39 is 20.0 Å². The Hall–Kier alpha value is -2.84. The lowest BCUT2D eigenvalue weighted by molar-refractivity contribution is -0.870. The summed E-state index contributed by atoms with van der Waals surface area (Å²) in [5, 5.41) is 14.0. The zero-order valence-corrected chi connectivity index (χ0v) is 57.2. The smallest absolute Gasteiger partial charge is 0.387 e. The maximum absolute atomic E-state index is 13.1. The van der Waals surface area contributed by atoms with Gasteiger partial charge in [-0.1, -0.05) is 335 Å². The number of hydrogen-bond acceptors (Lipinski definition) is 5. The molecular weight excluding hydrogens is 1070 g/mol. The zero-order chi connectivity index (χ0) is 61.9. The van der Waals surface area contributed by atoms with E-state index in [0.717, 1.165) is 89.9 Å². The van der Waals surface area contributed by atoms with Gasteiger partial charge in [0.05, 0.1) is 39.9 Å². The highest BCUT2D eigenvalue weighted by Crippen LogP contribution is 2.43. The molecule has 492 valence electrons. The Bertz CT molecular complexity index is 1760. The molecule has 0 bridgehead atoms. The summed E-state index contributed by atoms with van der Waals surface area (Å²) in [5.41, 5.74) is 0. The van der Waals surface area contributed by atoms with Crippen LogP contribution >= 0.6 is 7.82 Å². The molecule has 0 saturated heterocycles. The van der Waals surface area contributed by atoms with E-state index in [1.54, 1.807) is 6.08 Å². The van der Waals surface area contributed by atoms with Crippen LogP contribution in [0.1, 0.15) is 316 Å². The minimum absolute atomic E-state index is 0.0586. The SMILES string of the molecule is CC/C=C\C/C=C\C/C=C\C/C=C\C/C=C\C/C=C\C/C=C\C/C=C\CCCCCCCCCCCCCCCCC(=O)NC(COP(=O)(O)OCC[N+](C)(C)C)C(O)/C=C/CCCCCCCCCCCCCCCCCCCCCCCC. The maximum Gasteiger partial charge on any atom is 0.472 e. The molecule has 0 rings (SSSR count). The Labute approximate surface area is 527 Å². The summed E-state index contributed by atoms with van der Waals surface area (Å²) >= 11 is 0. The van der Waals surface area contributed by atoms with Gasteiger partial charge in [0.2, 0.25) is 5.91 Å². The van der Waals surface area contributed by atoms with E-state index in [2.05, 4.69) is 116 Å². The molecule has 0 fully saturated rings. The normalized spacial score (nSPS) is 14.3. The van der Waals surface area contributed by atoms with Crippen molar-refractivity contribution in [2.75, 3.05) is 40.9 Å². The second-order valence-corrected chi connectivity index (χ2v) is 26.7. The molecule has 1 amide bonds. The first kappa shape index (κ1) is 82.2. The third-order valence-corrected chi connectivity index (χ3v) is 16.7. The molecule has 0 saturated carbocycles. The van der Waals surface area contributed by atoms with Crippen molar-refractivity contribution in [3.8, 4) is 0 Å². The molecule has 9 heteroatoms. The number of carbonyl (C=O) groups is 1. The molecule has 0 aliphatic rings. The highest BCUT2D eigenvalue weighted by molar-refractivity contribution is 7.47. The minimum atomic E-state index is -4.36. The van der Waals surface area contributed by atoms with Crippen LogP contribution in [-0.4, -0.2) is 73.4 Å². The molecule has 0 spiro atoms. The van der Waals surface area contributed by atoms with Crippen LogP contribution in [0.4, 0.5) is 0 Å². The average Bonchev–Trinajstić information content (AvgIpc) is 3.49. The van der Waals surface area contributed by atoms with Crippen molar-refractivity contribution in [2.45, 2.75) is 328 Å². The van der Waals surface area contributed by atoms with E-state index in [-0.39, 0.29) is 19.1 Å². The van der Waals surface area contributed by atoms with Crippen molar-refractivity contribution in [1.29, 1.82) is 0 Å². The van der Waals surface area contributed by atoms with Crippen molar-refractivity contribution in [3.05, 3.63) is 109 Å². The van der Waals surface area contributed by atoms with Gasteiger partial charge in [-0.25, -0.2) is 4.57 Å². The quantitative estimate of drug-likeness (QED) is 0.0243. The molecule has 0 heterocycles. The maximum atomic E-state index is 13.1. The molecular formula is C76H138N2O6P+. The predicted octanol–water partition coefficient (Wildman–Crippen LogP) is 23.1. The fourth-order valence-electron chi connectivity index (χ4n) is 10.2. The van der Waals surface area contributed by atoms with Crippen LogP contribution in [0.2, 0.25) is 0 Å². The first-order chi connectivity index (χ1) is 41.5. The van der Waals surface area contributed by atoms with E-state index in [9.17, 15) is 19.4 Å². The fraction of sp³-hybridized carbons (Fsp3) is 0.750. The van der Waals surface area contributed by atoms with Gasteiger partial charge >= 0.3 is 7.82 Å². The van der Waals surface area contributed by atoms with Gasteiger partial charge in [-0.05, 0) is 83.5 Å². The van der Waals surface area contributed by atoms with E-state index in [0.29, 0.717) is 17.4 Å². The summed E-state index contributed by atoms with van der Waals surface area (Å²) in [6.45, 7) is 4.73. The van der Waals surface area contributed by atoms with E-state index in [1.165, 1.54) is 205 Å². The van der Waals surface area contributed by atoms with Crippen molar-refractivity contribution in [3.63, 3.8) is 0 Å². The third-order valence-electron chi connectivity index (χ3n) is 15.7. The minimum Gasteiger partial charge on any atom is -0.387 e. The summed E-state index contributed by atoms with van der Waals surface area (Å²) in [4.78, 5) is 23.4. The molecule has 0 radical (unpaired) electrons. The number of phosphoric acid groups is 1. The second-order valence-electron chi connectivity index (χ2n) is 25.2. The molecule has 0 aromatic heterocycles. The third kappa shape index (κ3) is 68.5. The summed E-state index contributed by atoms with van der Waals surface area (Å²) in [6.07, 6.45) is 96.6. The number of likely N-dealkylation sites (N-methyl/N-ethyl adjacent to an activating group) is 1. The van der Waals surface area contributed by atoms with Crippen molar-refractivity contribution < 1.29 is 32.9 Å². The van der Waals surface area contributed by atoms with E-state index >= 15 is 0 Å². The number of nitrogens with one attached hydrogen (secondary N) is 1. The average molecular weight is 1210 g/mol. The van der Waals surface area contributed by atoms with Gasteiger partial charge in [-0.15, -0.1) is 0 Å². The Balaban J connectivity index is 4.06. The molecule has 3 N–H and O–H groups in total. The van der Waals surface area contributed by atoms with Gasteiger partial charge in [0.15, 0.2) is 0 Å². The summed E-state index contributed by atoms with van der Waals surface area (Å²) in [6, 6.07) is -0.854. The Kier molecular flexibility index (Phi) is 63.4. The Morgan fingerprint density at radius 3 is 1.04 bits per heavy atom. The van der Waals surface area contributed by atoms with E-state index in [1.807, 2.05) is 27.2 Å². The fourth-order valence-corrected chi connectivity index (χ4v) is 11.0. The number of carbonyl (C=O) groups excluding carboxylic acids is 1. The lowest BCUT2D eigenvalue weighted by Gasteiger charge is -2.25. The molecule has 8 nitrogen and oxygen atoms in total. The number of aliphatic hydroxyl groups is 1. The number of phosphoric ester groups is 1. The highest BCUT2D eigenvalue weighted by Gasteiger charge is 2.28. The molecule has 0 aliphatic carbocycles. The Morgan fingerprint density at radius 2 is 0.706 bits per heavy atom. The standard InChI is InChI=1S/C76H137N2O6P/c1-6-8-10-12-14-16-18-20-22-24-26-28-30-32-33-34-35-36-37-38-39-40-41-42-43-44-45-46-48-50-52-54-56-58-60-62-64-66-68-70-76(80)77-74(73-84-85(81,82)83-72-71-78(3,4)5)75(79)69-67-65-63-61-59-57-55-53-51-49-47-31-29-27-25-23-21-19-17-15-13-11-9-7-2/h8,10,14,16,20,22,26,28,32-33,35-36,38-39,41-42,67,69,74-75,79H,6-7,9,11-13,15,17-19,21,23-25,27,29-31,34,37,40,43-66,68,70-73H2,1-5H3,(H-,77,80,81,82)/p+1/b10-8-,16-14-,22-20-,28-26-,33-32-,36-35-,39-38-,42-41-,69-67+. The predicted molar refractivity (Wildman–Crippen MR) is 373 cm³/mol. The second kappa shape index (κ2) is 65.6. The topological polar surface area (TPSA) is 105 Å². The van der Waals surface area contributed by atoms with Crippen LogP contribution in [0.3, 0.4) is 0 Å². The highest BCUT2D eigenvalue weighted by atomic mass is 31.2. The van der Waals surface area contributed by atoms with Gasteiger partial charge in [0.1, 0.15) is 13.2 Å². The van der Waals surface area contributed by atoms with Crippen molar-refractivity contribution in [2.24, 2.45) is 0 Å². The number of allylic oxidation sites excluding steroid dienone is 17. The Morgan fingerprint density at radius 1 is 0.412 bits per heavy atom. The van der Waals surface area contributed by atoms with Crippen molar-refractivity contribution in [1.82, 2.24) is 5.32 Å². The van der Waals surface area contributed by atoms with Crippen LogP contribution in [0, 0.1) is 0 Å². The molecule has 3 unspecified atom stereocenters. The lowest BCUT2D eigenvalue weighted by atomic mass is 10.0. The number of quaternary nitrogens is 1. The summed E-state index contributed by atoms with van der Waals surface area (Å²) in [7, 11) is 1.57. The van der Waals surface area contributed by atoms with Gasteiger partial charge in [0, 0.05) is 6.42 Å². The number of unbranched alkanes of at least 4 members (excludes halogenated alkanes) is 36. The van der Waals surface area contributed by atoms with Gasteiger partial charge < -0.3 is 19.8 Å². The molecule has 3 atom stereocenters. The van der Waals surface area contributed by atoms with Crippen LogP contribution in [0.15, 0.2) is 109 Å². The van der Waals surface area contributed by atoms with E-state index in [4.69, 9.17) is 9.05 Å². The van der Waals surface area contributed by atoms with Gasteiger partial charge in [0.25, 0.3) is 0 Å². The lowest BCUT2D eigenvalue weighted by Crippen LogP contribution is -2.45. The molecule has 0 aliphatic heterocycles. The molecule has 0 aromatic carbocycles.